The van der Waals surface area contributed by atoms with Crippen LogP contribution in [-0.4, -0.2) is 25.3 Å². The molecule has 1 aliphatic rings. The first-order chi connectivity index (χ1) is 11.4. The van der Waals surface area contributed by atoms with E-state index in [9.17, 15) is 23.3 Å². The van der Waals surface area contributed by atoms with Crippen molar-refractivity contribution in [1.29, 1.82) is 0 Å². The van der Waals surface area contributed by atoms with Crippen molar-refractivity contribution >= 4 is 15.9 Å². The van der Waals surface area contributed by atoms with Crippen molar-refractivity contribution in [2.45, 2.75) is 17.4 Å². The fraction of sp³-hybridized carbons (Fsp3) is 0.188. The fourth-order valence-electron chi connectivity index (χ4n) is 2.42. The summed E-state index contributed by atoms with van der Waals surface area (Å²) in [6, 6.07) is 14.5. The Kier molecular flexibility index (Phi) is 4.06. The number of sulfonamides is 1. The predicted molar refractivity (Wildman–Crippen MR) is 86.1 cm³/mol. The van der Waals surface area contributed by atoms with Crippen LogP contribution in [0.5, 0.6) is 0 Å². The van der Waals surface area contributed by atoms with Crippen molar-refractivity contribution in [2.24, 2.45) is 5.92 Å². The Bertz CT molecular complexity index is 878. The van der Waals surface area contributed by atoms with E-state index in [1.807, 2.05) is 35.1 Å². The van der Waals surface area contributed by atoms with E-state index in [0.717, 1.165) is 11.1 Å². The Morgan fingerprint density at radius 3 is 2.17 bits per heavy atom. The van der Waals surface area contributed by atoms with Crippen molar-refractivity contribution < 1.29 is 18.1 Å². The van der Waals surface area contributed by atoms with Gasteiger partial charge in [-0.2, -0.15) is 0 Å². The topological polar surface area (TPSA) is 106 Å². The number of carbonyl (C=O) groups excluding carboxylic acids is 1. The molecule has 0 aromatic heterocycles. The van der Waals surface area contributed by atoms with Gasteiger partial charge in [0.1, 0.15) is 5.92 Å². The summed E-state index contributed by atoms with van der Waals surface area (Å²) in [7, 11) is -4.03. The lowest BCUT2D eigenvalue weighted by Gasteiger charge is -2.07. The van der Waals surface area contributed by atoms with Crippen molar-refractivity contribution in [3.63, 3.8) is 0 Å². The molecule has 1 saturated carbocycles. The number of rotatable bonds is 5. The number of nitrogens with zero attached hydrogens (tertiary/aromatic N) is 1. The van der Waals surface area contributed by atoms with Crippen molar-refractivity contribution in [3.05, 3.63) is 64.7 Å². The summed E-state index contributed by atoms with van der Waals surface area (Å²) in [5.74, 6) is -1.71. The number of benzene rings is 2. The molecular weight excluding hydrogens is 332 g/mol. The molecule has 1 amide bonds. The van der Waals surface area contributed by atoms with E-state index >= 15 is 0 Å². The monoisotopic (exact) mass is 346 g/mol. The Morgan fingerprint density at radius 1 is 1.04 bits per heavy atom. The number of amides is 1. The summed E-state index contributed by atoms with van der Waals surface area (Å²) in [5.41, 5.74) is 1.79. The molecule has 0 saturated heterocycles. The highest BCUT2D eigenvalue weighted by Crippen LogP contribution is 2.33. The van der Waals surface area contributed by atoms with Gasteiger partial charge in [-0.05, 0) is 23.3 Å². The Balaban J connectivity index is 1.73. The van der Waals surface area contributed by atoms with Gasteiger partial charge in [0, 0.05) is 11.3 Å². The number of carbonyl (C=O) groups is 1. The Labute approximate surface area is 138 Å². The van der Waals surface area contributed by atoms with Crippen LogP contribution in [0.15, 0.2) is 59.5 Å². The van der Waals surface area contributed by atoms with Gasteiger partial charge in [0.2, 0.25) is 11.9 Å². The molecule has 0 radical (unpaired) electrons. The molecular formula is C16H14N2O5S. The van der Waals surface area contributed by atoms with Gasteiger partial charge in [-0.15, -0.1) is 0 Å². The van der Waals surface area contributed by atoms with Crippen LogP contribution in [0.1, 0.15) is 6.42 Å². The summed E-state index contributed by atoms with van der Waals surface area (Å²) in [5, 5.41) is 10.6. The van der Waals surface area contributed by atoms with Crippen LogP contribution in [0.25, 0.3) is 11.1 Å². The third-order valence-corrected chi connectivity index (χ3v) is 5.23. The van der Waals surface area contributed by atoms with Crippen LogP contribution in [0.2, 0.25) is 0 Å². The van der Waals surface area contributed by atoms with Crippen LogP contribution in [0.3, 0.4) is 0 Å². The lowest BCUT2D eigenvalue weighted by atomic mass is 10.1. The second-order valence-electron chi connectivity index (χ2n) is 5.56. The van der Waals surface area contributed by atoms with Crippen LogP contribution < -0.4 is 4.72 Å². The maximum Gasteiger partial charge on any atom is 0.264 e. The quantitative estimate of drug-likeness (QED) is 0.656. The average Bonchev–Trinajstić information content (AvgIpc) is 3.36. The van der Waals surface area contributed by atoms with Gasteiger partial charge < -0.3 is 0 Å². The first-order valence-corrected chi connectivity index (χ1v) is 8.72. The molecule has 0 heterocycles. The molecule has 2 atom stereocenters. The Hall–Kier alpha value is -2.74. The fourth-order valence-corrected chi connectivity index (χ4v) is 3.45. The molecule has 1 aliphatic carbocycles. The highest BCUT2D eigenvalue weighted by Gasteiger charge is 2.54. The normalized spacial score (nSPS) is 19.5. The Morgan fingerprint density at radius 2 is 1.62 bits per heavy atom. The van der Waals surface area contributed by atoms with E-state index in [0.29, 0.717) is 0 Å². The third kappa shape index (κ3) is 3.28. The second kappa shape index (κ2) is 6.04. The van der Waals surface area contributed by atoms with Crippen molar-refractivity contribution in [3.8, 4) is 11.1 Å². The molecule has 0 spiro atoms. The van der Waals surface area contributed by atoms with E-state index < -0.39 is 32.8 Å². The van der Waals surface area contributed by atoms with Crippen LogP contribution in [0, 0.1) is 16.0 Å². The van der Waals surface area contributed by atoms with Gasteiger partial charge in [0.15, 0.2) is 0 Å². The minimum Gasteiger partial charge on any atom is -0.273 e. The molecule has 7 nitrogen and oxygen atoms in total. The molecule has 2 aromatic carbocycles. The highest BCUT2D eigenvalue weighted by atomic mass is 32.2. The van der Waals surface area contributed by atoms with Gasteiger partial charge in [-0.25, -0.2) is 13.1 Å². The van der Waals surface area contributed by atoms with Gasteiger partial charge in [-0.1, -0.05) is 42.5 Å². The average molecular weight is 346 g/mol. The van der Waals surface area contributed by atoms with Crippen LogP contribution in [-0.2, 0) is 14.8 Å². The minimum absolute atomic E-state index is 0.0613. The van der Waals surface area contributed by atoms with E-state index in [1.165, 1.54) is 12.1 Å². The first kappa shape index (κ1) is 16.1. The zero-order valence-corrected chi connectivity index (χ0v) is 13.3. The summed E-state index contributed by atoms with van der Waals surface area (Å²) >= 11 is 0. The summed E-state index contributed by atoms with van der Waals surface area (Å²) in [4.78, 5) is 21.7. The molecule has 0 unspecified atom stereocenters. The van der Waals surface area contributed by atoms with E-state index in [1.54, 1.807) is 12.1 Å². The van der Waals surface area contributed by atoms with E-state index in [-0.39, 0.29) is 11.3 Å². The van der Waals surface area contributed by atoms with E-state index in [2.05, 4.69) is 0 Å². The highest BCUT2D eigenvalue weighted by molar-refractivity contribution is 7.90. The van der Waals surface area contributed by atoms with Crippen molar-refractivity contribution in [2.75, 3.05) is 0 Å². The molecule has 0 bridgehead atoms. The van der Waals surface area contributed by atoms with Crippen LogP contribution >= 0.6 is 0 Å². The number of nitro groups is 1. The second-order valence-corrected chi connectivity index (χ2v) is 7.24. The smallest absolute Gasteiger partial charge is 0.264 e. The third-order valence-electron chi connectivity index (χ3n) is 3.87. The molecule has 1 N–H and O–H groups in total. The number of hydrogen-bond acceptors (Lipinski definition) is 5. The molecule has 3 rings (SSSR count). The minimum atomic E-state index is -4.03. The van der Waals surface area contributed by atoms with Gasteiger partial charge >= 0.3 is 0 Å². The molecule has 8 heteroatoms. The van der Waals surface area contributed by atoms with Crippen molar-refractivity contribution in [1.82, 2.24) is 4.72 Å². The first-order valence-electron chi connectivity index (χ1n) is 7.24. The largest absolute Gasteiger partial charge is 0.273 e. The van der Waals surface area contributed by atoms with Crippen LogP contribution in [0.4, 0.5) is 0 Å². The zero-order chi connectivity index (χ0) is 17.3. The molecule has 24 heavy (non-hydrogen) atoms. The zero-order valence-electron chi connectivity index (χ0n) is 12.5. The van der Waals surface area contributed by atoms with E-state index in [4.69, 9.17) is 0 Å². The standard InChI is InChI=1S/C16H14N2O5S/c19-16(14-10-15(14)18(20)21)17-24(22,23)13-8-6-12(7-9-13)11-4-2-1-3-5-11/h1-9,14-15H,10H2,(H,17,19)/t14-,15-/m0/s1. The molecule has 1 fully saturated rings. The molecule has 2 aromatic rings. The number of nitrogens with one attached hydrogen (secondary N) is 1. The molecule has 0 aliphatic heterocycles. The summed E-state index contributed by atoms with van der Waals surface area (Å²) in [6.45, 7) is 0. The lowest BCUT2D eigenvalue weighted by molar-refractivity contribution is -0.497. The maximum atomic E-state index is 12.2. The number of hydrogen-bond donors (Lipinski definition) is 1. The summed E-state index contributed by atoms with van der Waals surface area (Å²) < 4.78 is 26.3. The lowest BCUT2D eigenvalue weighted by Crippen LogP contribution is -2.33. The summed E-state index contributed by atoms with van der Waals surface area (Å²) in [6.07, 6.45) is 0.0707. The SMILES string of the molecule is O=C(NS(=O)(=O)c1ccc(-c2ccccc2)cc1)[C@H]1C[C@@H]1[N+](=O)[O-]. The molecule has 124 valence electrons. The van der Waals surface area contributed by atoms with Gasteiger partial charge in [0.25, 0.3) is 10.0 Å². The predicted octanol–water partition coefficient (Wildman–Crippen LogP) is 1.82. The van der Waals surface area contributed by atoms with Gasteiger partial charge in [0.05, 0.1) is 4.90 Å². The maximum absolute atomic E-state index is 12.2. The van der Waals surface area contributed by atoms with Gasteiger partial charge in [-0.3, -0.25) is 14.9 Å².